The summed E-state index contributed by atoms with van der Waals surface area (Å²) in [4.78, 5) is 37.3. The van der Waals surface area contributed by atoms with Gasteiger partial charge in [0.05, 0.1) is 18.4 Å². The quantitative estimate of drug-likeness (QED) is 0.564. The molecule has 160 valence electrons. The molecule has 0 radical (unpaired) electrons. The second-order valence-corrected chi connectivity index (χ2v) is 6.90. The number of rotatable bonds is 7. The van der Waals surface area contributed by atoms with Crippen molar-refractivity contribution in [2.24, 2.45) is 0 Å². The molecule has 3 rings (SSSR count). The minimum atomic E-state index is -0.768. The molecule has 1 aromatic heterocycles. The molecule has 0 saturated heterocycles. The predicted molar refractivity (Wildman–Crippen MR) is 116 cm³/mol. The molecule has 0 unspecified atom stereocenters. The Bertz CT molecular complexity index is 1180. The van der Waals surface area contributed by atoms with Crippen molar-refractivity contribution in [2.75, 3.05) is 18.5 Å². The average Bonchev–Trinajstić information content (AvgIpc) is 2.73. The molecular formula is C22H20ClN3O5. The summed E-state index contributed by atoms with van der Waals surface area (Å²) >= 11 is 5.90. The van der Waals surface area contributed by atoms with Crippen LogP contribution in [0.2, 0.25) is 5.02 Å². The van der Waals surface area contributed by atoms with E-state index in [4.69, 9.17) is 21.1 Å². The first kappa shape index (κ1) is 22.0. The van der Waals surface area contributed by atoms with Gasteiger partial charge in [-0.25, -0.2) is 4.79 Å². The maximum Gasteiger partial charge on any atom is 0.362 e. The smallest absolute Gasteiger partial charge is 0.362 e. The summed E-state index contributed by atoms with van der Waals surface area (Å²) in [5.74, 6) is -1.41. The molecule has 1 amide bonds. The SMILES string of the molecule is CCOC(=O)c1nn(-c2ccccc2C)c(=O)cc1OCC(=O)Nc1cccc(Cl)c1. The highest BCUT2D eigenvalue weighted by molar-refractivity contribution is 6.30. The number of carbonyl (C=O) groups is 2. The zero-order chi connectivity index (χ0) is 22.4. The average molecular weight is 442 g/mol. The van der Waals surface area contributed by atoms with Crippen LogP contribution in [0, 0.1) is 6.92 Å². The number of hydrogen-bond acceptors (Lipinski definition) is 6. The molecule has 1 N–H and O–H groups in total. The molecule has 0 spiro atoms. The van der Waals surface area contributed by atoms with E-state index in [-0.39, 0.29) is 18.1 Å². The number of benzene rings is 2. The molecule has 0 fully saturated rings. The van der Waals surface area contributed by atoms with Crippen molar-refractivity contribution >= 4 is 29.2 Å². The number of para-hydroxylation sites is 1. The summed E-state index contributed by atoms with van der Waals surface area (Å²) in [5.41, 5.74) is 1.07. The molecule has 9 heteroatoms. The lowest BCUT2D eigenvalue weighted by Crippen LogP contribution is -2.27. The highest BCUT2D eigenvalue weighted by atomic mass is 35.5. The Morgan fingerprint density at radius 1 is 1.13 bits per heavy atom. The topological polar surface area (TPSA) is 99.5 Å². The van der Waals surface area contributed by atoms with E-state index in [0.717, 1.165) is 16.3 Å². The van der Waals surface area contributed by atoms with Crippen molar-refractivity contribution in [3.63, 3.8) is 0 Å². The van der Waals surface area contributed by atoms with Gasteiger partial charge in [-0.15, -0.1) is 0 Å². The van der Waals surface area contributed by atoms with Crippen LogP contribution >= 0.6 is 11.6 Å². The van der Waals surface area contributed by atoms with Crippen molar-refractivity contribution in [1.82, 2.24) is 9.78 Å². The number of nitrogens with one attached hydrogen (secondary N) is 1. The van der Waals surface area contributed by atoms with Gasteiger partial charge in [-0.05, 0) is 43.7 Å². The van der Waals surface area contributed by atoms with E-state index in [1.165, 1.54) is 0 Å². The minimum absolute atomic E-state index is 0.110. The molecule has 8 nitrogen and oxygen atoms in total. The van der Waals surface area contributed by atoms with Crippen LogP contribution in [-0.4, -0.2) is 34.9 Å². The Kier molecular flexibility index (Phi) is 7.04. The monoisotopic (exact) mass is 441 g/mol. The van der Waals surface area contributed by atoms with Crippen LogP contribution in [0.3, 0.4) is 0 Å². The molecule has 0 aliphatic carbocycles. The van der Waals surface area contributed by atoms with Gasteiger partial charge in [0.2, 0.25) is 5.69 Å². The molecule has 0 bridgehead atoms. The lowest BCUT2D eigenvalue weighted by Gasteiger charge is -2.13. The van der Waals surface area contributed by atoms with E-state index >= 15 is 0 Å². The Morgan fingerprint density at radius 2 is 1.90 bits per heavy atom. The largest absolute Gasteiger partial charge is 0.481 e. The van der Waals surface area contributed by atoms with Crippen molar-refractivity contribution in [2.45, 2.75) is 13.8 Å². The maximum absolute atomic E-state index is 12.7. The van der Waals surface area contributed by atoms with Crippen molar-refractivity contribution in [3.05, 3.63) is 81.2 Å². The first-order valence-corrected chi connectivity index (χ1v) is 9.82. The number of nitrogens with zero attached hydrogens (tertiary/aromatic N) is 2. The zero-order valence-corrected chi connectivity index (χ0v) is 17.7. The molecule has 0 saturated carbocycles. The summed E-state index contributed by atoms with van der Waals surface area (Å²) in [6.07, 6.45) is 0. The number of esters is 1. The van der Waals surface area contributed by atoms with Crippen LogP contribution in [0.1, 0.15) is 23.0 Å². The maximum atomic E-state index is 12.7. The Morgan fingerprint density at radius 3 is 2.61 bits per heavy atom. The minimum Gasteiger partial charge on any atom is -0.481 e. The standard InChI is InChI=1S/C22H20ClN3O5/c1-3-30-22(29)21-18(31-13-19(27)24-16-9-6-8-15(23)11-16)12-20(28)26(25-21)17-10-5-4-7-14(17)2/h4-12H,3,13H2,1-2H3,(H,24,27). The lowest BCUT2D eigenvalue weighted by atomic mass is 10.2. The number of amides is 1. The van der Waals surface area contributed by atoms with E-state index < -0.39 is 24.0 Å². The number of aryl methyl sites for hydroxylation is 1. The Balaban J connectivity index is 1.87. The number of halogens is 1. The van der Waals surface area contributed by atoms with Gasteiger partial charge in [0.25, 0.3) is 11.5 Å². The number of carbonyl (C=O) groups excluding carboxylic acids is 2. The first-order chi connectivity index (χ1) is 14.9. The Labute approximate surface area is 183 Å². The lowest BCUT2D eigenvalue weighted by molar-refractivity contribution is -0.118. The second kappa shape index (κ2) is 9.90. The summed E-state index contributed by atoms with van der Waals surface area (Å²) in [7, 11) is 0. The summed E-state index contributed by atoms with van der Waals surface area (Å²) in [6, 6.07) is 14.8. The molecule has 1 heterocycles. The third-order valence-corrected chi connectivity index (χ3v) is 4.41. The Hall–Kier alpha value is -3.65. The van der Waals surface area contributed by atoms with Crippen molar-refractivity contribution in [1.29, 1.82) is 0 Å². The van der Waals surface area contributed by atoms with E-state index in [1.54, 1.807) is 43.3 Å². The fourth-order valence-electron chi connectivity index (χ4n) is 2.77. The molecule has 0 aliphatic heterocycles. The summed E-state index contributed by atoms with van der Waals surface area (Å²) in [6.45, 7) is 3.12. The number of hydrogen-bond donors (Lipinski definition) is 1. The molecule has 31 heavy (non-hydrogen) atoms. The first-order valence-electron chi connectivity index (χ1n) is 9.44. The zero-order valence-electron chi connectivity index (χ0n) is 16.9. The van der Waals surface area contributed by atoms with Gasteiger partial charge in [-0.3, -0.25) is 9.59 Å². The van der Waals surface area contributed by atoms with Gasteiger partial charge in [0.1, 0.15) is 0 Å². The van der Waals surface area contributed by atoms with Gasteiger partial charge < -0.3 is 14.8 Å². The molecule has 0 atom stereocenters. The third kappa shape index (κ3) is 5.49. The molecule has 0 aliphatic rings. The number of ether oxygens (including phenoxy) is 2. The molecule has 3 aromatic rings. The third-order valence-electron chi connectivity index (χ3n) is 4.18. The van der Waals surface area contributed by atoms with Crippen LogP contribution in [-0.2, 0) is 9.53 Å². The van der Waals surface area contributed by atoms with E-state index in [1.807, 2.05) is 19.1 Å². The van der Waals surface area contributed by atoms with Gasteiger partial charge >= 0.3 is 5.97 Å². The van der Waals surface area contributed by atoms with Crippen LogP contribution in [0.4, 0.5) is 5.69 Å². The van der Waals surface area contributed by atoms with Crippen LogP contribution < -0.4 is 15.6 Å². The van der Waals surface area contributed by atoms with Gasteiger partial charge in [0.15, 0.2) is 12.4 Å². The number of aromatic nitrogens is 2. The van der Waals surface area contributed by atoms with Crippen LogP contribution in [0.25, 0.3) is 5.69 Å². The van der Waals surface area contributed by atoms with Gasteiger partial charge in [-0.2, -0.15) is 9.78 Å². The second-order valence-electron chi connectivity index (χ2n) is 6.46. The highest BCUT2D eigenvalue weighted by Gasteiger charge is 2.21. The van der Waals surface area contributed by atoms with Crippen molar-refractivity contribution in [3.8, 4) is 11.4 Å². The summed E-state index contributed by atoms with van der Waals surface area (Å²) < 4.78 is 11.6. The molecule has 2 aromatic carbocycles. The van der Waals surface area contributed by atoms with Crippen molar-refractivity contribution < 1.29 is 19.1 Å². The fraction of sp³-hybridized carbons (Fsp3) is 0.182. The van der Waals surface area contributed by atoms with Crippen LogP contribution in [0.15, 0.2) is 59.4 Å². The fourth-order valence-corrected chi connectivity index (χ4v) is 2.96. The van der Waals surface area contributed by atoms with Gasteiger partial charge in [-0.1, -0.05) is 35.9 Å². The van der Waals surface area contributed by atoms with Crippen LogP contribution in [0.5, 0.6) is 5.75 Å². The summed E-state index contributed by atoms with van der Waals surface area (Å²) in [5, 5.41) is 7.23. The normalized spacial score (nSPS) is 10.4. The van der Waals surface area contributed by atoms with E-state index in [2.05, 4.69) is 10.4 Å². The van der Waals surface area contributed by atoms with E-state index in [0.29, 0.717) is 16.4 Å². The number of anilines is 1. The predicted octanol–water partition coefficient (Wildman–Crippen LogP) is 3.39. The van der Waals surface area contributed by atoms with E-state index in [9.17, 15) is 14.4 Å². The highest BCUT2D eigenvalue weighted by Crippen LogP contribution is 2.18. The molecular weight excluding hydrogens is 422 g/mol. The van der Waals surface area contributed by atoms with Gasteiger partial charge in [0, 0.05) is 10.7 Å².